The van der Waals surface area contributed by atoms with Crippen LogP contribution in [0.1, 0.15) is 17.3 Å². The van der Waals surface area contributed by atoms with Gasteiger partial charge in [-0.15, -0.1) is 17.0 Å². The zero-order valence-corrected chi connectivity index (χ0v) is 10.2. The van der Waals surface area contributed by atoms with Crippen LogP contribution in [-0.2, 0) is 0 Å². The molecular formula is C9H13Br2N. The lowest BCUT2D eigenvalue weighted by atomic mass is 10.1. The second-order valence-corrected chi connectivity index (χ2v) is 3.66. The first-order chi connectivity index (χ1) is 5.22. The van der Waals surface area contributed by atoms with E-state index >= 15 is 0 Å². The molecule has 0 aromatic heterocycles. The maximum Gasteiger partial charge on any atom is 0.0543 e. The first-order valence-corrected chi connectivity index (χ1v) is 4.58. The molecule has 68 valence electrons. The minimum absolute atomic E-state index is 0. The summed E-state index contributed by atoms with van der Waals surface area (Å²) in [7, 11) is 0. The van der Waals surface area contributed by atoms with Gasteiger partial charge in [-0.2, -0.15) is 0 Å². The van der Waals surface area contributed by atoms with Gasteiger partial charge in [0.2, 0.25) is 0 Å². The zero-order chi connectivity index (χ0) is 8.27. The molecule has 0 aliphatic heterocycles. The molecule has 2 unspecified atom stereocenters. The van der Waals surface area contributed by atoms with Crippen LogP contribution in [0.3, 0.4) is 0 Å². The van der Waals surface area contributed by atoms with Gasteiger partial charge in [0.15, 0.2) is 0 Å². The van der Waals surface area contributed by atoms with Gasteiger partial charge in [0.05, 0.1) is 4.83 Å². The van der Waals surface area contributed by atoms with Crippen LogP contribution >= 0.6 is 32.9 Å². The standard InChI is InChI=1S/C9H12BrN.BrH/c1-7(11)9(10)8-5-3-2-4-6-8;/h2-7,9H,11H2,1H3;1H. The van der Waals surface area contributed by atoms with E-state index < -0.39 is 0 Å². The van der Waals surface area contributed by atoms with Crippen LogP contribution in [0.15, 0.2) is 30.3 Å². The predicted octanol–water partition coefficient (Wildman–Crippen LogP) is 3.05. The van der Waals surface area contributed by atoms with Gasteiger partial charge in [0.1, 0.15) is 0 Å². The molecule has 12 heavy (non-hydrogen) atoms. The van der Waals surface area contributed by atoms with Gasteiger partial charge in [0, 0.05) is 6.04 Å². The zero-order valence-electron chi connectivity index (χ0n) is 6.91. The van der Waals surface area contributed by atoms with E-state index in [9.17, 15) is 0 Å². The van der Waals surface area contributed by atoms with E-state index in [1.54, 1.807) is 0 Å². The fraction of sp³-hybridized carbons (Fsp3) is 0.333. The summed E-state index contributed by atoms with van der Waals surface area (Å²) >= 11 is 3.53. The van der Waals surface area contributed by atoms with E-state index in [1.807, 2.05) is 25.1 Å². The first kappa shape index (κ1) is 12.1. The van der Waals surface area contributed by atoms with Crippen LogP contribution in [-0.4, -0.2) is 6.04 Å². The number of benzene rings is 1. The van der Waals surface area contributed by atoms with E-state index in [0.717, 1.165) is 0 Å². The van der Waals surface area contributed by atoms with Gasteiger partial charge in [-0.25, -0.2) is 0 Å². The highest BCUT2D eigenvalue weighted by molar-refractivity contribution is 9.09. The van der Waals surface area contributed by atoms with E-state index in [1.165, 1.54) is 5.56 Å². The topological polar surface area (TPSA) is 26.0 Å². The van der Waals surface area contributed by atoms with Gasteiger partial charge in [-0.1, -0.05) is 46.3 Å². The largest absolute Gasteiger partial charge is 0.327 e. The van der Waals surface area contributed by atoms with Crippen LogP contribution in [0.5, 0.6) is 0 Å². The average Bonchev–Trinajstić information content (AvgIpc) is 2.05. The van der Waals surface area contributed by atoms with Crippen molar-refractivity contribution in [3.63, 3.8) is 0 Å². The van der Waals surface area contributed by atoms with Gasteiger partial charge >= 0.3 is 0 Å². The molecule has 1 aromatic rings. The molecule has 0 saturated heterocycles. The van der Waals surface area contributed by atoms with E-state index in [-0.39, 0.29) is 27.9 Å². The number of hydrogen-bond acceptors (Lipinski definition) is 1. The summed E-state index contributed by atoms with van der Waals surface area (Å²) in [5.41, 5.74) is 6.96. The highest BCUT2D eigenvalue weighted by atomic mass is 79.9. The molecule has 0 spiro atoms. The Morgan fingerprint density at radius 2 is 1.75 bits per heavy atom. The van der Waals surface area contributed by atoms with Crippen molar-refractivity contribution in [2.24, 2.45) is 5.73 Å². The van der Waals surface area contributed by atoms with Crippen LogP contribution < -0.4 is 5.73 Å². The maximum absolute atomic E-state index is 5.72. The molecule has 0 bridgehead atoms. The van der Waals surface area contributed by atoms with Gasteiger partial charge in [-0.05, 0) is 12.5 Å². The Kier molecular flexibility index (Phi) is 5.80. The summed E-state index contributed by atoms with van der Waals surface area (Å²) in [5.74, 6) is 0. The first-order valence-electron chi connectivity index (χ1n) is 3.66. The molecule has 1 nitrogen and oxygen atoms in total. The monoisotopic (exact) mass is 293 g/mol. The van der Waals surface area contributed by atoms with Crippen LogP contribution in [0.2, 0.25) is 0 Å². The number of rotatable bonds is 2. The summed E-state index contributed by atoms with van der Waals surface area (Å²) in [6.45, 7) is 1.99. The number of nitrogens with two attached hydrogens (primary N) is 1. The molecule has 0 aliphatic rings. The van der Waals surface area contributed by atoms with Crippen LogP contribution in [0.25, 0.3) is 0 Å². The predicted molar refractivity (Wildman–Crippen MR) is 62.1 cm³/mol. The molecule has 0 radical (unpaired) electrons. The minimum Gasteiger partial charge on any atom is -0.327 e. The number of alkyl halides is 1. The molecule has 3 heteroatoms. The Morgan fingerprint density at radius 1 is 1.25 bits per heavy atom. The quantitative estimate of drug-likeness (QED) is 0.834. The Labute approximate surface area is 92.2 Å². The lowest BCUT2D eigenvalue weighted by molar-refractivity contribution is 0.731. The summed E-state index contributed by atoms with van der Waals surface area (Å²) in [5, 5.41) is 0. The van der Waals surface area contributed by atoms with Crippen LogP contribution in [0, 0.1) is 0 Å². The SMILES string of the molecule is Br.CC(N)C(Br)c1ccccc1. The van der Waals surface area contributed by atoms with Crippen molar-refractivity contribution in [2.45, 2.75) is 17.8 Å². The summed E-state index contributed by atoms with van der Waals surface area (Å²) in [4.78, 5) is 0.267. The maximum atomic E-state index is 5.72. The molecule has 0 aliphatic carbocycles. The number of halogens is 2. The molecule has 2 atom stereocenters. The molecular weight excluding hydrogens is 282 g/mol. The Bertz CT molecular complexity index is 211. The van der Waals surface area contributed by atoms with Gasteiger partial charge in [-0.3, -0.25) is 0 Å². The third-order valence-electron chi connectivity index (χ3n) is 1.58. The molecule has 1 rings (SSSR count). The molecule has 2 N–H and O–H groups in total. The second-order valence-electron chi connectivity index (χ2n) is 2.67. The van der Waals surface area contributed by atoms with Crippen molar-refractivity contribution in [1.82, 2.24) is 0 Å². The highest BCUT2D eigenvalue weighted by Gasteiger charge is 2.10. The van der Waals surface area contributed by atoms with Crippen molar-refractivity contribution in [2.75, 3.05) is 0 Å². The number of hydrogen-bond donors (Lipinski definition) is 1. The Hall–Kier alpha value is 0.140. The third-order valence-corrected chi connectivity index (χ3v) is 2.94. The average molecular weight is 295 g/mol. The highest BCUT2D eigenvalue weighted by Crippen LogP contribution is 2.24. The van der Waals surface area contributed by atoms with Crippen molar-refractivity contribution in [1.29, 1.82) is 0 Å². The van der Waals surface area contributed by atoms with Gasteiger partial charge < -0.3 is 5.73 Å². The Morgan fingerprint density at radius 3 is 2.17 bits per heavy atom. The summed E-state index contributed by atoms with van der Waals surface area (Å²) in [6.07, 6.45) is 0. The fourth-order valence-corrected chi connectivity index (χ4v) is 1.25. The van der Waals surface area contributed by atoms with Crippen molar-refractivity contribution < 1.29 is 0 Å². The molecule has 0 fully saturated rings. The van der Waals surface area contributed by atoms with Crippen LogP contribution in [0.4, 0.5) is 0 Å². The second kappa shape index (κ2) is 5.73. The normalized spacial score (nSPS) is 14.6. The summed E-state index contributed by atoms with van der Waals surface area (Å²) < 4.78 is 0. The third kappa shape index (κ3) is 3.25. The minimum atomic E-state index is 0. The lowest BCUT2D eigenvalue weighted by Gasteiger charge is -2.13. The Balaban J connectivity index is 0.00000121. The van der Waals surface area contributed by atoms with Crippen molar-refractivity contribution in [3.05, 3.63) is 35.9 Å². The lowest BCUT2D eigenvalue weighted by Crippen LogP contribution is -2.20. The van der Waals surface area contributed by atoms with E-state index in [4.69, 9.17) is 5.73 Å². The van der Waals surface area contributed by atoms with E-state index in [0.29, 0.717) is 0 Å². The van der Waals surface area contributed by atoms with Crippen molar-refractivity contribution >= 4 is 32.9 Å². The fourth-order valence-electron chi connectivity index (χ4n) is 0.940. The van der Waals surface area contributed by atoms with Crippen molar-refractivity contribution in [3.8, 4) is 0 Å². The van der Waals surface area contributed by atoms with E-state index in [2.05, 4.69) is 28.1 Å². The molecule has 0 amide bonds. The smallest absolute Gasteiger partial charge is 0.0543 e. The molecule has 0 heterocycles. The van der Waals surface area contributed by atoms with Gasteiger partial charge in [0.25, 0.3) is 0 Å². The molecule has 0 saturated carbocycles. The molecule has 1 aromatic carbocycles. The summed E-state index contributed by atoms with van der Waals surface area (Å²) in [6, 6.07) is 10.3.